The summed E-state index contributed by atoms with van der Waals surface area (Å²) in [7, 11) is 1.30. The van der Waals surface area contributed by atoms with Gasteiger partial charge in [0, 0.05) is 24.8 Å². The molecule has 0 bridgehead atoms. The number of carbonyl (C=O) groups excluding carboxylic acids is 2. The molecule has 4 aromatic rings. The number of hydrogen-bond acceptors (Lipinski definition) is 8. The molecule has 2 amide bonds. The molecule has 0 spiro atoms. The number of nitrogens with zero attached hydrogens (tertiary/aromatic N) is 3. The van der Waals surface area contributed by atoms with Gasteiger partial charge in [0.2, 0.25) is 0 Å². The number of thiazole rings is 1. The minimum absolute atomic E-state index is 0.170. The Labute approximate surface area is 205 Å². The Morgan fingerprint density at radius 3 is 2.86 bits per heavy atom. The first-order chi connectivity index (χ1) is 17.1. The van der Waals surface area contributed by atoms with E-state index in [2.05, 4.69) is 25.2 Å². The van der Waals surface area contributed by atoms with Gasteiger partial charge in [-0.25, -0.2) is 9.78 Å². The Morgan fingerprint density at radius 2 is 2.09 bits per heavy atom. The number of amides is 2. The van der Waals surface area contributed by atoms with Crippen LogP contribution in [0.3, 0.4) is 0 Å². The second-order valence-electron chi connectivity index (χ2n) is 7.55. The Balaban J connectivity index is 1.45. The summed E-state index contributed by atoms with van der Waals surface area (Å²) in [6.45, 7) is 0.851. The normalized spacial score (nSPS) is 10.8. The molecule has 2 aromatic heterocycles. The third-order valence-corrected chi connectivity index (χ3v) is 6.16. The smallest absolute Gasteiger partial charge is 0.406 e. The molecule has 2 heterocycles. The van der Waals surface area contributed by atoms with Crippen molar-refractivity contribution in [1.29, 1.82) is 0 Å². The summed E-state index contributed by atoms with van der Waals surface area (Å²) < 4.78 is 11.1. The number of methoxy groups -OCH3 is 1. The number of hydrogen-bond donors (Lipinski definition) is 3. The van der Waals surface area contributed by atoms with Crippen LogP contribution in [-0.4, -0.2) is 70.6 Å². The van der Waals surface area contributed by atoms with Gasteiger partial charge < -0.3 is 24.8 Å². The first-order valence-corrected chi connectivity index (χ1v) is 11.7. The molecule has 0 saturated heterocycles. The average Bonchev–Trinajstić information content (AvgIpc) is 3.56. The van der Waals surface area contributed by atoms with Crippen molar-refractivity contribution in [2.45, 2.75) is 6.54 Å². The molecule has 35 heavy (non-hydrogen) atoms. The Hall–Kier alpha value is -3.96. The van der Waals surface area contributed by atoms with E-state index in [4.69, 9.17) is 4.74 Å². The number of benzene rings is 2. The number of H-pyrrole nitrogens is 1. The van der Waals surface area contributed by atoms with Crippen LogP contribution in [0, 0.1) is 0 Å². The lowest BCUT2D eigenvalue weighted by Gasteiger charge is -2.21. The largest absolute Gasteiger partial charge is 0.492 e. The standard InChI is InChI=1S/C24H25N5O5S/c1-33-24(32)25-7-10-34-19-4-2-3-16(11-19)15-29(8-9-30)23(31)22-28-20-6-5-17(12-21(20)35-22)18-13-26-27-14-18/h2-6,11-14,30H,7-10,15H2,1H3,(H,25,32)(H,26,27). The molecule has 2 aromatic carbocycles. The van der Waals surface area contributed by atoms with E-state index in [0.29, 0.717) is 17.3 Å². The highest BCUT2D eigenvalue weighted by molar-refractivity contribution is 7.20. The molecule has 3 N–H and O–H groups in total. The lowest BCUT2D eigenvalue weighted by molar-refractivity contribution is 0.0707. The van der Waals surface area contributed by atoms with Crippen LogP contribution in [0.4, 0.5) is 4.79 Å². The summed E-state index contributed by atoms with van der Waals surface area (Å²) >= 11 is 1.32. The van der Waals surface area contributed by atoms with Gasteiger partial charge >= 0.3 is 6.09 Å². The van der Waals surface area contributed by atoms with Crippen LogP contribution < -0.4 is 10.1 Å². The number of aromatic nitrogens is 3. The maximum atomic E-state index is 13.3. The number of aromatic amines is 1. The highest BCUT2D eigenvalue weighted by Crippen LogP contribution is 2.29. The third kappa shape index (κ3) is 6.14. The maximum Gasteiger partial charge on any atom is 0.406 e. The van der Waals surface area contributed by atoms with Crippen LogP contribution in [0.1, 0.15) is 15.4 Å². The van der Waals surface area contributed by atoms with Crippen LogP contribution in [0.2, 0.25) is 0 Å². The van der Waals surface area contributed by atoms with E-state index >= 15 is 0 Å². The van der Waals surface area contributed by atoms with Crippen LogP contribution >= 0.6 is 11.3 Å². The summed E-state index contributed by atoms with van der Waals surface area (Å²) in [5.41, 5.74) is 3.53. The van der Waals surface area contributed by atoms with E-state index in [1.54, 1.807) is 17.2 Å². The second kappa shape index (κ2) is 11.4. The summed E-state index contributed by atoms with van der Waals surface area (Å²) in [5, 5.41) is 19.3. The van der Waals surface area contributed by atoms with Crippen LogP contribution in [0.25, 0.3) is 21.3 Å². The van der Waals surface area contributed by atoms with Crippen molar-refractivity contribution >= 4 is 33.6 Å². The molecule has 0 atom stereocenters. The zero-order valence-corrected chi connectivity index (χ0v) is 19.9. The van der Waals surface area contributed by atoms with Gasteiger partial charge in [-0.2, -0.15) is 5.10 Å². The van der Waals surface area contributed by atoms with Crippen molar-refractivity contribution < 1.29 is 24.2 Å². The van der Waals surface area contributed by atoms with E-state index < -0.39 is 6.09 Å². The van der Waals surface area contributed by atoms with E-state index in [1.165, 1.54) is 18.4 Å². The van der Waals surface area contributed by atoms with Gasteiger partial charge in [0.1, 0.15) is 12.4 Å². The van der Waals surface area contributed by atoms with Gasteiger partial charge in [-0.1, -0.05) is 18.2 Å². The second-order valence-corrected chi connectivity index (χ2v) is 8.58. The minimum atomic E-state index is -0.520. The molecule has 0 saturated carbocycles. The summed E-state index contributed by atoms with van der Waals surface area (Å²) in [6.07, 6.45) is 3.03. The zero-order chi connectivity index (χ0) is 24.6. The van der Waals surface area contributed by atoms with Crippen molar-refractivity contribution in [3.63, 3.8) is 0 Å². The lowest BCUT2D eigenvalue weighted by Crippen LogP contribution is -2.33. The van der Waals surface area contributed by atoms with E-state index in [0.717, 1.165) is 26.9 Å². The molecule has 0 unspecified atom stereocenters. The predicted octanol–water partition coefficient (Wildman–Crippen LogP) is 3.06. The van der Waals surface area contributed by atoms with E-state index in [1.807, 2.05) is 42.6 Å². The number of fused-ring (bicyclic) bond motifs is 1. The SMILES string of the molecule is COC(=O)NCCOc1cccc(CN(CCO)C(=O)c2nc3ccc(-c4cn[nH]c4)cc3s2)c1. The number of aliphatic hydroxyl groups excluding tert-OH is 1. The summed E-state index contributed by atoms with van der Waals surface area (Å²) in [6, 6.07) is 13.1. The first kappa shape index (κ1) is 24.2. The van der Waals surface area contributed by atoms with Gasteiger partial charge in [0.15, 0.2) is 5.01 Å². The predicted molar refractivity (Wildman–Crippen MR) is 131 cm³/mol. The topological polar surface area (TPSA) is 130 Å². The van der Waals surface area contributed by atoms with Crippen molar-refractivity contribution in [3.05, 3.63) is 65.4 Å². The molecule has 0 aliphatic carbocycles. The Kier molecular flexibility index (Phi) is 7.91. The number of carbonyl (C=O) groups is 2. The maximum absolute atomic E-state index is 13.3. The highest BCUT2D eigenvalue weighted by Gasteiger charge is 2.20. The average molecular weight is 496 g/mol. The Bertz CT molecular complexity index is 1290. The minimum Gasteiger partial charge on any atom is -0.492 e. The fourth-order valence-corrected chi connectivity index (χ4v) is 4.43. The molecular formula is C24H25N5O5S. The van der Waals surface area contributed by atoms with Gasteiger partial charge in [-0.15, -0.1) is 11.3 Å². The van der Waals surface area contributed by atoms with E-state index in [9.17, 15) is 14.7 Å². The molecule has 11 heteroatoms. The number of nitrogens with one attached hydrogen (secondary N) is 2. The molecular weight excluding hydrogens is 470 g/mol. The quantitative estimate of drug-likeness (QED) is 0.288. The molecule has 0 aliphatic heterocycles. The molecule has 182 valence electrons. The fraction of sp³-hybridized carbons (Fsp3) is 0.250. The van der Waals surface area contributed by atoms with Crippen LogP contribution in [0.5, 0.6) is 5.75 Å². The molecule has 0 radical (unpaired) electrons. The number of rotatable bonds is 10. The zero-order valence-electron chi connectivity index (χ0n) is 19.1. The first-order valence-electron chi connectivity index (χ1n) is 10.9. The van der Waals surface area contributed by atoms with Gasteiger partial charge in [0.05, 0.1) is 36.7 Å². The summed E-state index contributed by atoms with van der Waals surface area (Å²) in [5.74, 6) is 0.357. The van der Waals surface area contributed by atoms with Gasteiger partial charge in [-0.05, 0) is 35.4 Å². The molecule has 10 nitrogen and oxygen atoms in total. The fourth-order valence-electron chi connectivity index (χ4n) is 3.46. The van der Waals surface area contributed by atoms with Crippen molar-refractivity contribution in [2.75, 3.05) is 33.4 Å². The third-order valence-electron chi connectivity index (χ3n) is 5.16. The van der Waals surface area contributed by atoms with Gasteiger partial charge in [-0.3, -0.25) is 9.89 Å². The Morgan fingerprint density at radius 1 is 1.20 bits per heavy atom. The van der Waals surface area contributed by atoms with Crippen molar-refractivity contribution in [2.24, 2.45) is 0 Å². The summed E-state index contributed by atoms with van der Waals surface area (Å²) in [4.78, 5) is 30.5. The number of ether oxygens (including phenoxy) is 2. The van der Waals surface area contributed by atoms with Crippen LogP contribution in [0.15, 0.2) is 54.9 Å². The molecule has 0 fully saturated rings. The molecule has 0 aliphatic rings. The number of alkyl carbamates (subject to hydrolysis) is 1. The van der Waals surface area contributed by atoms with Gasteiger partial charge in [0.25, 0.3) is 5.91 Å². The van der Waals surface area contributed by atoms with E-state index in [-0.39, 0.29) is 32.2 Å². The van der Waals surface area contributed by atoms with Crippen molar-refractivity contribution in [3.8, 4) is 16.9 Å². The molecule has 4 rings (SSSR count). The highest BCUT2D eigenvalue weighted by atomic mass is 32.1. The monoisotopic (exact) mass is 495 g/mol. The lowest BCUT2D eigenvalue weighted by atomic mass is 10.1. The van der Waals surface area contributed by atoms with Crippen molar-refractivity contribution in [1.82, 2.24) is 25.4 Å². The van der Waals surface area contributed by atoms with Crippen LogP contribution in [-0.2, 0) is 11.3 Å². The number of aliphatic hydroxyl groups is 1.